The lowest BCUT2D eigenvalue weighted by Gasteiger charge is -2.12. The van der Waals surface area contributed by atoms with Gasteiger partial charge in [-0.2, -0.15) is 0 Å². The van der Waals surface area contributed by atoms with E-state index in [0.29, 0.717) is 23.1 Å². The number of hydrogen-bond acceptors (Lipinski definition) is 3. The molecule has 2 aromatic carbocycles. The Morgan fingerprint density at radius 3 is 2.64 bits per heavy atom. The summed E-state index contributed by atoms with van der Waals surface area (Å²) < 4.78 is 10.8. The predicted octanol–water partition coefficient (Wildman–Crippen LogP) is 5.02. The molecule has 0 heterocycles. The average molecular weight is 360 g/mol. The first-order valence-electron chi connectivity index (χ1n) is 8.01. The minimum atomic E-state index is -0.212. The third kappa shape index (κ3) is 5.00. The number of benzene rings is 2. The van der Waals surface area contributed by atoms with Crippen LogP contribution in [0.2, 0.25) is 5.02 Å². The van der Waals surface area contributed by atoms with Gasteiger partial charge in [-0.1, -0.05) is 29.3 Å². The number of nitrogens with one attached hydrogen (secondary N) is 1. The van der Waals surface area contributed by atoms with E-state index < -0.39 is 0 Å². The lowest BCUT2D eigenvalue weighted by Crippen LogP contribution is -2.08. The molecule has 4 nitrogen and oxygen atoms in total. The van der Waals surface area contributed by atoms with Crippen LogP contribution in [0, 0.1) is 13.8 Å². The van der Waals surface area contributed by atoms with Crippen molar-refractivity contribution in [1.82, 2.24) is 0 Å². The molecule has 25 heavy (non-hydrogen) atoms. The first-order chi connectivity index (χ1) is 11.9. The van der Waals surface area contributed by atoms with E-state index in [-0.39, 0.29) is 5.91 Å². The Bertz CT molecular complexity index is 800. The number of aryl methyl sites for hydroxylation is 2. The van der Waals surface area contributed by atoms with Crippen LogP contribution in [0.15, 0.2) is 36.4 Å². The van der Waals surface area contributed by atoms with E-state index in [2.05, 4.69) is 5.32 Å². The summed E-state index contributed by atoms with van der Waals surface area (Å²) in [5, 5.41) is 3.31. The van der Waals surface area contributed by atoms with Crippen molar-refractivity contribution in [3.63, 3.8) is 0 Å². The second kappa shape index (κ2) is 8.58. The summed E-state index contributed by atoms with van der Waals surface area (Å²) >= 11 is 6.23. The summed E-state index contributed by atoms with van der Waals surface area (Å²) in [6.45, 7) is 6.34. The number of rotatable bonds is 6. The van der Waals surface area contributed by atoms with Crippen molar-refractivity contribution in [3.8, 4) is 11.5 Å². The van der Waals surface area contributed by atoms with Crippen molar-refractivity contribution in [1.29, 1.82) is 0 Å². The van der Waals surface area contributed by atoms with Crippen molar-refractivity contribution >= 4 is 29.3 Å². The van der Waals surface area contributed by atoms with Crippen molar-refractivity contribution in [2.24, 2.45) is 0 Å². The van der Waals surface area contributed by atoms with Crippen LogP contribution in [0.5, 0.6) is 11.5 Å². The van der Waals surface area contributed by atoms with E-state index in [1.54, 1.807) is 25.3 Å². The Kier molecular flexibility index (Phi) is 6.48. The Morgan fingerprint density at radius 2 is 2.00 bits per heavy atom. The first-order valence-corrected chi connectivity index (χ1v) is 8.39. The molecule has 5 heteroatoms. The summed E-state index contributed by atoms with van der Waals surface area (Å²) in [6.07, 6.45) is 3.15. The molecule has 0 fully saturated rings. The Labute approximate surface area is 153 Å². The lowest BCUT2D eigenvalue weighted by atomic mass is 10.1. The number of amides is 1. The van der Waals surface area contributed by atoms with E-state index in [1.165, 1.54) is 6.08 Å². The van der Waals surface area contributed by atoms with Gasteiger partial charge in [0, 0.05) is 11.8 Å². The molecule has 0 aliphatic rings. The molecule has 0 saturated heterocycles. The van der Waals surface area contributed by atoms with Crippen molar-refractivity contribution in [3.05, 3.63) is 58.1 Å². The van der Waals surface area contributed by atoms with Gasteiger partial charge in [0.1, 0.15) is 0 Å². The molecule has 1 N–H and O–H groups in total. The number of carbonyl (C=O) groups is 1. The smallest absolute Gasteiger partial charge is 0.248 e. The number of methoxy groups -OCH3 is 1. The number of anilines is 1. The molecule has 0 bridgehead atoms. The van der Waals surface area contributed by atoms with E-state index in [4.69, 9.17) is 21.1 Å². The zero-order valence-electron chi connectivity index (χ0n) is 14.9. The normalized spacial score (nSPS) is 10.8. The summed E-state index contributed by atoms with van der Waals surface area (Å²) in [6, 6.07) is 9.39. The van der Waals surface area contributed by atoms with E-state index in [1.807, 2.05) is 39.0 Å². The third-order valence-electron chi connectivity index (χ3n) is 3.61. The molecule has 0 aliphatic heterocycles. The molecule has 2 rings (SSSR count). The van der Waals surface area contributed by atoms with Gasteiger partial charge < -0.3 is 14.8 Å². The number of carbonyl (C=O) groups excluding carboxylic acids is 1. The third-order valence-corrected chi connectivity index (χ3v) is 3.89. The van der Waals surface area contributed by atoms with Gasteiger partial charge in [-0.3, -0.25) is 4.79 Å². The molecule has 0 unspecified atom stereocenters. The van der Waals surface area contributed by atoms with Crippen LogP contribution < -0.4 is 14.8 Å². The Hall–Kier alpha value is -2.46. The molecular formula is C20H22ClNO3. The standard InChI is InChI=1S/C20H22ClNO3/c1-5-25-20-16(21)11-15(12-18(20)24-4)7-9-19(23)22-17-8-6-13(2)10-14(17)3/h6-12H,5H2,1-4H3,(H,22,23). The van der Waals surface area contributed by atoms with Crippen molar-refractivity contribution in [2.45, 2.75) is 20.8 Å². The zero-order valence-corrected chi connectivity index (χ0v) is 15.6. The number of ether oxygens (including phenoxy) is 2. The number of halogens is 1. The fourth-order valence-corrected chi connectivity index (χ4v) is 2.69. The fraction of sp³-hybridized carbons (Fsp3) is 0.250. The van der Waals surface area contributed by atoms with Crippen LogP contribution in [0.1, 0.15) is 23.6 Å². The topological polar surface area (TPSA) is 47.6 Å². The molecule has 0 aromatic heterocycles. The van der Waals surface area contributed by atoms with Gasteiger partial charge in [-0.05, 0) is 56.2 Å². The van der Waals surface area contributed by atoms with Gasteiger partial charge >= 0.3 is 0 Å². The van der Waals surface area contributed by atoms with Gasteiger partial charge in [0.25, 0.3) is 0 Å². The Morgan fingerprint density at radius 1 is 1.24 bits per heavy atom. The van der Waals surface area contributed by atoms with Crippen LogP contribution in [-0.4, -0.2) is 19.6 Å². The quantitative estimate of drug-likeness (QED) is 0.737. The van der Waals surface area contributed by atoms with Gasteiger partial charge in [0.15, 0.2) is 11.5 Å². The second-order valence-electron chi connectivity index (χ2n) is 5.61. The summed E-state index contributed by atoms with van der Waals surface area (Å²) in [7, 11) is 1.55. The highest BCUT2D eigenvalue weighted by Crippen LogP contribution is 2.36. The fourth-order valence-electron chi connectivity index (χ4n) is 2.42. The SMILES string of the molecule is CCOc1c(Cl)cc(C=CC(=O)Nc2ccc(C)cc2C)cc1OC. The molecule has 0 radical (unpaired) electrons. The summed E-state index contributed by atoms with van der Waals surface area (Å²) in [5.74, 6) is 0.822. The molecule has 1 amide bonds. The van der Waals surface area contributed by atoms with E-state index >= 15 is 0 Å². The largest absolute Gasteiger partial charge is 0.493 e. The maximum atomic E-state index is 12.1. The van der Waals surface area contributed by atoms with Crippen LogP contribution in [0.4, 0.5) is 5.69 Å². The summed E-state index contributed by atoms with van der Waals surface area (Å²) in [5.41, 5.74) is 3.72. The molecule has 0 aliphatic carbocycles. The predicted molar refractivity (Wildman–Crippen MR) is 103 cm³/mol. The highest BCUT2D eigenvalue weighted by atomic mass is 35.5. The van der Waals surface area contributed by atoms with E-state index in [9.17, 15) is 4.79 Å². The first kappa shape index (κ1) is 18.9. The molecule has 0 saturated carbocycles. The van der Waals surface area contributed by atoms with Crippen molar-refractivity contribution < 1.29 is 14.3 Å². The maximum absolute atomic E-state index is 12.1. The highest BCUT2D eigenvalue weighted by Gasteiger charge is 2.11. The van der Waals surface area contributed by atoms with Gasteiger partial charge in [-0.25, -0.2) is 0 Å². The molecule has 2 aromatic rings. The average Bonchev–Trinajstić information content (AvgIpc) is 2.57. The van der Waals surface area contributed by atoms with Crippen LogP contribution >= 0.6 is 11.6 Å². The van der Waals surface area contributed by atoms with Crippen LogP contribution in [0.3, 0.4) is 0 Å². The molecule has 132 valence electrons. The lowest BCUT2D eigenvalue weighted by molar-refractivity contribution is -0.111. The minimum Gasteiger partial charge on any atom is -0.493 e. The van der Waals surface area contributed by atoms with Crippen molar-refractivity contribution in [2.75, 3.05) is 19.0 Å². The monoisotopic (exact) mass is 359 g/mol. The summed E-state index contributed by atoms with van der Waals surface area (Å²) in [4.78, 5) is 12.1. The van der Waals surface area contributed by atoms with Gasteiger partial charge in [0.05, 0.1) is 18.7 Å². The zero-order chi connectivity index (χ0) is 18.4. The molecule has 0 atom stereocenters. The Balaban J connectivity index is 2.15. The molecule has 0 spiro atoms. The highest BCUT2D eigenvalue weighted by molar-refractivity contribution is 6.32. The second-order valence-corrected chi connectivity index (χ2v) is 6.02. The van der Waals surface area contributed by atoms with Gasteiger partial charge in [0.2, 0.25) is 5.91 Å². The number of hydrogen-bond donors (Lipinski definition) is 1. The van der Waals surface area contributed by atoms with Crippen LogP contribution in [0.25, 0.3) is 6.08 Å². The van der Waals surface area contributed by atoms with Crippen LogP contribution in [-0.2, 0) is 4.79 Å². The minimum absolute atomic E-state index is 0.212. The molecular weight excluding hydrogens is 338 g/mol. The van der Waals surface area contributed by atoms with E-state index in [0.717, 1.165) is 22.4 Å². The maximum Gasteiger partial charge on any atom is 0.248 e. The van der Waals surface area contributed by atoms with Gasteiger partial charge in [-0.15, -0.1) is 0 Å².